The van der Waals surface area contributed by atoms with E-state index in [1.807, 2.05) is 36.4 Å². The Morgan fingerprint density at radius 1 is 0.941 bits per heavy atom. The number of anilines is 1. The minimum Gasteiger partial charge on any atom is -0.497 e. The van der Waals surface area contributed by atoms with Crippen LogP contribution in [0.2, 0.25) is 0 Å². The van der Waals surface area contributed by atoms with E-state index in [0.29, 0.717) is 18.2 Å². The van der Waals surface area contributed by atoms with Crippen LogP contribution in [0.25, 0.3) is 0 Å². The van der Waals surface area contributed by atoms with Crippen molar-refractivity contribution in [3.05, 3.63) is 90.0 Å². The monoisotopic (exact) mass is 480 g/mol. The maximum Gasteiger partial charge on any atom is 0.264 e. The highest BCUT2D eigenvalue weighted by Gasteiger charge is 2.27. The third kappa shape index (κ3) is 6.60. The Morgan fingerprint density at radius 2 is 1.59 bits per heavy atom. The molecule has 0 bridgehead atoms. The molecule has 0 saturated heterocycles. The molecule has 0 spiro atoms. The molecule has 0 unspecified atom stereocenters. The molecule has 0 aromatic heterocycles. The van der Waals surface area contributed by atoms with Crippen molar-refractivity contribution in [2.45, 2.75) is 37.5 Å². The van der Waals surface area contributed by atoms with Gasteiger partial charge in [-0.15, -0.1) is 0 Å². The summed E-state index contributed by atoms with van der Waals surface area (Å²) in [5, 5.41) is 2.86. The molecule has 3 rings (SSSR count). The fourth-order valence-electron chi connectivity index (χ4n) is 3.56. The van der Waals surface area contributed by atoms with E-state index >= 15 is 0 Å². The number of nitrogens with zero attached hydrogens (tertiary/aromatic N) is 1. The zero-order chi connectivity index (χ0) is 24.6. The number of amides is 1. The largest absolute Gasteiger partial charge is 0.497 e. The quantitative estimate of drug-likeness (QED) is 0.402. The van der Waals surface area contributed by atoms with Crippen molar-refractivity contribution in [3.8, 4) is 5.75 Å². The van der Waals surface area contributed by atoms with Gasteiger partial charge in [-0.25, -0.2) is 8.42 Å². The van der Waals surface area contributed by atoms with Gasteiger partial charge in [-0.2, -0.15) is 0 Å². The maximum absolute atomic E-state index is 13.4. The second-order valence-electron chi connectivity index (χ2n) is 8.37. The topological polar surface area (TPSA) is 75.7 Å². The van der Waals surface area contributed by atoms with E-state index < -0.39 is 10.0 Å². The summed E-state index contributed by atoms with van der Waals surface area (Å²) in [6.45, 7) is 4.32. The summed E-state index contributed by atoms with van der Waals surface area (Å²) < 4.78 is 33.1. The van der Waals surface area contributed by atoms with Crippen LogP contribution in [0.15, 0.2) is 83.8 Å². The number of benzene rings is 3. The number of hydrogen-bond donors (Lipinski definition) is 1. The van der Waals surface area contributed by atoms with E-state index in [4.69, 9.17) is 4.74 Å². The minimum absolute atomic E-state index is 0.148. The molecule has 0 aliphatic carbocycles. The van der Waals surface area contributed by atoms with Crippen molar-refractivity contribution in [2.24, 2.45) is 0 Å². The van der Waals surface area contributed by atoms with Crippen LogP contribution in [0.1, 0.15) is 37.3 Å². The van der Waals surface area contributed by atoms with Gasteiger partial charge in [-0.3, -0.25) is 9.10 Å². The van der Waals surface area contributed by atoms with Crippen LogP contribution in [0.5, 0.6) is 5.75 Å². The lowest BCUT2D eigenvalue weighted by Crippen LogP contribution is -2.41. The summed E-state index contributed by atoms with van der Waals surface area (Å²) in [5.74, 6) is 0.780. The van der Waals surface area contributed by atoms with Gasteiger partial charge in [0.15, 0.2) is 0 Å². The molecular weight excluding hydrogens is 448 g/mol. The van der Waals surface area contributed by atoms with E-state index in [1.54, 1.807) is 37.4 Å². The lowest BCUT2D eigenvalue weighted by atomic mass is 10.0. The highest BCUT2D eigenvalue weighted by Crippen LogP contribution is 2.25. The number of methoxy groups -OCH3 is 1. The average Bonchev–Trinajstić information content (AvgIpc) is 2.86. The molecule has 0 aliphatic heterocycles. The summed E-state index contributed by atoms with van der Waals surface area (Å²) in [4.78, 5) is 12.9. The van der Waals surface area contributed by atoms with Gasteiger partial charge in [0.05, 0.1) is 17.7 Å². The Balaban J connectivity index is 1.68. The van der Waals surface area contributed by atoms with Crippen LogP contribution in [0.3, 0.4) is 0 Å². The first-order valence-electron chi connectivity index (χ1n) is 11.4. The molecule has 34 heavy (non-hydrogen) atoms. The average molecular weight is 481 g/mol. The Morgan fingerprint density at radius 3 is 2.18 bits per heavy atom. The molecule has 1 amide bonds. The van der Waals surface area contributed by atoms with Gasteiger partial charge >= 0.3 is 0 Å². The molecule has 0 atom stereocenters. The Bertz CT molecular complexity index is 1160. The van der Waals surface area contributed by atoms with Gasteiger partial charge in [-0.1, -0.05) is 56.3 Å². The highest BCUT2D eigenvalue weighted by molar-refractivity contribution is 7.92. The number of aryl methyl sites for hydroxylation is 1. The number of hydrogen-bond acceptors (Lipinski definition) is 4. The van der Waals surface area contributed by atoms with Crippen molar-refractivity contribution in [2.75, 3.05) is 24.5 Å². The molecule has 7 heteroatoms. The van der Waals surface area contributed by atoms with Crippen molar-refractivity contribution in [3.63, 3.8) is 0 Å². The number of sulfonamides is 1. The van der Waals surface area contributed by atoms with Crippen LogP contribution in [-0.2, 0) is 21.2 Å². The normalized spacial score (nSPS) is 11.3. The fourth-order valence-corrected chi connectivity index (χ4v) is 5.00. The Kier molecular flexibility index (Phi) is 8.71. The third-order valence-corrected chi connectivity index (χ3v) is 7.38. The predicted octanol–water partition coefficient (Wildman–Crippen LogP) is 4.76. The number of carbonyl (C=O) groups excluding carboxylic acids is 1. The molecule has 0 heterocycles. The zero-order valence-electron chi connectivity index (χ0n) is 19.9. The number of carbonyl (C=O) groups is 1. The molecule has 0 saturated carbocycles. The molecule has 1 N–H and O–H groups in total. The Labute approximate surface area is 202 Å². The smallest absolute Gasteiger partial charge is 0.264 e. The van der Waals surface area contributed by atoms with Crippen LogP contribution < -0.4 is 14.4 Å². The SMILES string of the molecule is COc1ccc(CCCNC(=O)CN(c2ccc(C(C)C)cc2)S(=O)(=O)c2ccccc2)cc1. The Hall–Kier alpha value is -3.32. The predicted molar refractivity (Wildman–Crippen MR) is 136 cm³/mol. The standard InChI is InChI=1S/C27H32N2O4S/c1-21(2)23-13-15-24(16-14-23)29(34(31,32)26-9-5-4-6-10-26)20-27(30)28-19-7-8-22-11-17-25(33-3)18-12-22/h4-6,9-18,21H,7-8,19-20H2,1-3H3,(H,28,30). The number of nitrogens with one attached hydrogen (secondary N) is 1. The molecule has 0 radical (unpaired) electrons. The molecule has 180 valence electrons. The first-order chi connectivity index (χ1) is 16.3. The summed E-state index contributed by atoms with van der Waals surface area (Å²) in [5.41, 5.74) is 2.71. The number of rotatable bonds is 11. The van der Waals surface area contributed by atoms with Crippen LogP contribution >= 0.6 is 0 Å². The van der Waals surface area contributed by atoms with E-state index in [2.05, 4.69) is 19.2 Å². The van der Waals surface area contributed by atoms with Gasteiger partial charge < -0.3 is 10.1 Å². The van der Waals surface area contributed by atoms with Crippen LogP contribution in [0, 0.1) is 0 Å². The maximum atomic E-state index is 13.4. The lowest BCUT2D eigenvalue weighted by Gasteiger charge is -2.24. The van der Waals surface area contributed by atoms with Crippen LogP contribution in [0.4, 0.5) is 5.69 Å². The molecule has 0 fully saturated rings. The van der Waals surface area contributed by atoms with Crippen molar-refractivity contribution in [1.82, 2.24) is 5.32 Å². The molecule has 6 nitrogen and oxygen atoms in total. The van der Waals surface area contributed by atoms with Gasteiger partial charge in [0.1, 0.15) is 12.3 Å². The first kappa shape index (κ1) is 25.3. The summed E-state index contributed by atoms with van der Waals surface area (Å²) in [7, 11) is -2.27. The van der Waals surface area contributed by atoms with Gasteiger partial charge in [0.2, 0.25) is 5.91 Å². The molecular formula is C27H32N2O4S. The first-order valence-corrected chi connectivity index (χ1v) is 12.8. The zero-order valence-corrected chi connectivity index (χ0v) is 20.7. The van der Waals surface area contributed by atoms with Gasteiger partial charge in [-0.05, 0) is 66.3 Å². The number of ether oxygens (including phenoxy) is 1. The van der Waals surface area contributed by atoms with Crippen molar-refractivity contribution >= 4 is 21.6 Å². The van der Waals surface area contributed by atoms with Crippen molar-refractivity contribution in [1.29, 1.82) is 0 Å². The molecule has 3 aromatic carbocycles. The molecule has 0 aliphatic rings. The second-order valence-corrected chi connectivity index (χ2v) is 10.2. The second kappa shape index (κ2) is 11.7. The summed E-state index contributed by atoms with van der Waals surface area (Å²) in [6, 6.07) is 23.3. The lowest BCUT2D eigenvalue weighted by molar-refractivity contribution is -0.119. The van der Waals surface area contributed by atoms with Gasteiger partial charge in [0, 0.05) is 6.54 Å². The fraction of sp³-hybridized carbons (Fsp3) is 0.296. The van der Waals surface area contributed by atoms with E-state index in [9.17, 15) is 13.2 Å². The molecule has 3 aromatic rings. The van der Waals surface area contributed by atoms with E-state index in [-0.39, 0.29) is 17.3 Å². The van der Waals surface area contributed by atoms with E-state index in [0.717, 1.165) is 29.7 Å². The van der Waals surface area contributed by atoms with Crippen LogP contribution in [-0.4, -0.2) is 34.5 Å². The van der Waals surface area contributed by atoms with Gasteiger partial charge in [0.25, 0.3) is 10.0 Å². The minimum atomic E-state index is -3.90. The van der Waals surface area contributed by atoms with Crippen molar-refractivity contribution < 1.29 is 17.9 Å². The summed E-state index contributed by atoms with van der Waals surface area (Å²) in [6.07, 6.45) is 1.54. The third-order valence-electron chi connectivity index (χ3n) is 5.59. The summed E-state index contributed by atoms with van der Waals surface area (Å²) >= 11 is 0. The highest BCUT2D eigenvalue weighted by atomic mass is 32.2. The van der Waals surface area contributed by atoms with E-state index in [1.165, 1.54) is 16.4 Å².